The number of carbonyl (C=O) groups is 3. The van der Waals surface area contributed by atoms with Gasteiger partial charge in [-0.2, -0.15) is 0 Å². The number of nitrogens with one attached hydrogen (secondary N) is 2. The van der Waals surface area contributed by atoms with Crippen LogP contribution in [0.3, 0.4) is 0 Å². The number of nitrogens with zero attached hydrogens (tertiary/aromatic N) is 2. The van der Waals surface area contributed by atoms with Gasteiger partial charge < -0.3 is 25.0 Å². The molecule has 238 valence electrons. The first-order valence-electron chi connectivity index (χ1n) is 17.0. The van der Waals surface area contributed by atoms with Gasteiger partial charge in [-0.05, 0) is 94.8 Å². The second-order valence-corrected chi connectivity index (χ2v) is 14.3. The van der Waals surface area contributed by atoms with Crippen molar-refractivity contribution in [3.63, 3.8) is 0 Å². The smallest absolute Gasteiger partial charge is 0.225 e. The molecule has 5 rings (SSSR count). The molecular formula is C33H56N4O5. The largest absolute Gasteiger partial charge is 0.381 e. The molecule has 2 saturated carbocycles. The van der Waals surface area contributed by atoms with Crippen LogP contribution in [-0.4, -0.2) is 98.3 Å². The molecule has 6 atom stereocenters. The third kappa shape index (κ3) is 8.06. The Balaban J connectivity index is 1.24. The molecular weight excluding hydrogens is 532 g/mol. The van der Waals surface area contributed by atoms with E-state index in [9.17, 15) is 14.4 Å². The number of hydrogen-bond donors (Lipinski definition) is 2. The van der Waals surface area contributed by atoms with E-state index in [0.717, 1.165) is 70.7 Å². The van der Waals surface area contributed by atoms with Crippen LogP contribution < -0.4 is 10.6 Å². The molecule has 3 saturated heterocycles. The Morgan fingerprint density at radius 3 is 2.24 bits per heavy atom. The highest BCUT2D eigenvalue weighted by Gasteiger charge is 2.42. The highest BCUT2D eigenvalue weighted by Crippen LogP contribution is 2.44. The minimum absolute atomic E-state index is 0.0528. The van der Waals surface area contributed by atoms with Gasteiger partial charge in [0.1, 0.15) is 0 Å². The number of morpholine rings is 1. The first-order valence-corrected chi connectivity index (χ1v) is 17.0. The molecule has 5 fully saturated rings. The second kappa shape index (κ2) is 14.8. The van der Waals surface area contributed by atoms with Crippen molar-refractivity contribution in [1.29, 1.82) is 0 Å². The molecule has 5 aliphatic rings. The van der Waals surface area contributed by atoms with E-state index in [1.54, 1.807) is 6.92 Å². The Kier molecular flexibility index (Phi) is 11.2. The summed E-state index contributed by atoms with van der Waals surface area (Å²) in [7, 11) is 0. The predicted molar refractivity (Wildman–Crippen MR) is 162 cm³/mol. The summed E-state index contributed by atoms with van der Waals surface area (Å²) >= 11 is 0. The number of rotatable bonds is 8. The summed E-state index contributed by atoms with van der Waals surface area (Å²) in [4.78, 5) is 44.2. The fourth-order valence-corrected chi connectivity index (χ4v) is 8.96. The van der Waals surface area contributed by atoms with E-state index in [4.69, 9.17) is 9.47 Å². The van der Waals surface area contributed by atoms with Crippen LogP contribution in [0, 0.1) is 35.5 Å². The molecule has 2 N–H and O–H groups in total. The van der Waals surface area contributed by atoms with Crippen LogP contribution in [0.25, 0.3) is 0 Å². The van der Waals surface area contributed by atoms with Crippen LogP contribution in [0.1, 0.15) is 85.0 Å². The van der Waals surface area contributed by atoms with Crippen LogP contribution in [0.5, 0.6) is 0 Å². The summed E-state index contributed by atoms with van der Waals surface area (Å²) in [6.45, 7) is 12.6. The summed E-state index contributed by atoms with van der Waals surface area (Å²) in [6.07, 6.45) is 10.2. The molecule has 0 aromatic rings. The molecule has 0 radical (unpaired) electrons. The summed E-state index contributed by atoms with van der Waals surface area (Å²) in [5.74, 6) is 2.00. The van der Waals surface area contributed by atoms with Gasteiger partial charge in [0.05, 0.1) is 19.1 Å². The van der Waals surface area contributed by atoms with Crippen molar-refractivity contribution in [1.82, 2.24) is 20.4 Å². The van der Waals surface area contributed by atoms with Gasteiger partial charge in [-0.15, -0.1) is 0 Å². The van der Waals surface area contributed by atoms with Crippen molar-refractivity contribution in [3.05, 3.63) is 0 Å². The minimum atomic E-state index is -0.182. The summed E-state index contributed by atoms with van der Waals surface area (Å²) < 4.78 is 11.2. The molecule has 9 nitrogen and oxygen atoms in total. The Hall–Kier alpha value is -1.71. The van der Waals surface area contributed by atoms with Gasteiger partial charge in [-0.25, -0.2) is 0 Å². The molecule has 0 spiro atoms. The third-order valence-electron chi connectivity index (χ3n) is 11.2. The fraction of sp³-hybridized carbons (Fsp3) is 0.909. The van der Waals surface area contributed by atoms with E-state index in [1.807, 2.05) is 6.92 Å². The van der Waals surface area contributed by atoms with Crippen LogP contribution >= 0.6 is 0 Å². The van der Waals surface area contributed by atoms with Gasteiger partial charge in [0.15, 0.2) is 0 Å². The van der Waals surface area contributed by atoms with Gasteiger partial charge in [-0.1, -0.05) is 6.92 Å². The molecule has 42 heavy (non-hydrogen) atoms. The van der Waals surface area contributed by atoms with Crippen molar-refractivity contribution in [2.24, 2.45) is 35.5 Å². The normalized spacial score (nSPS) is 37.1. The lowest BCUT2D eigenvalue weighted by Gasteiger charge is -2.47. The summed E-state index contributed by atoms with van der Waals surface area (Å²) in [5, 5.41) is 6.26. The lowest BCUT2D eigenvalue weighted by atomic mass is 9.66. The molecule has 9 heteroatoms. The average molecular weight is 589 g/mol. The Labute approximate surface area is 253 Å². The van der Waals surface area contributed by atoms with E-state index < -0.39 is 0 Å². The average Bonchev–Trinajstić information content (AvgIpc) is 2.98. The van der Waals surface area contributed by atoms with Crippen LogP contribution in [-0.2, 0) is 23.9 Å². The van der Waals surface area contributed by atoms with Gasteiger partial charge in [-0.3, -0.25) is 19.3 Å². The van der Waals surface area contributed by atoms with Crippen LogP contribution in [0.2, 0.25) is 0 Å². The number of hydrogen-bond acceptors (Lipinski definition) is 6. The van der Waals surface area contributed by atoms with E-state index in [2.05, 4.69) is 27.4 Å². The molecule has 2 aliphatic carbocycles. The fourth-order valence-electron chi connectivity index (χ4n) is 8.96. The summed E-state index contributed by atoms with van der Waals surface area (Å²) in [5.41, 5.74) is 0. The first-order chi connectivity index (χ1) is 20.3. The zero-order valence-corrected chi connectivity index (χ0v) is 26.4. The number of ether oxygens (including phenoxy) is 2. The minimum Gasteiger partial charge on any atom is -0.381 e. The van der Waals surface area contributed by atoms with E-state index in [0.29, 0.717) is 31.6 Å². The molecule has 3 heterocycles. The first kappa shape index (κ1) is 31.7. The maximum atomic E-state index is 13.8. The SMILES string of the molecule is CC(=O)N(C1CCOCC1)C1CC(C(=O)NCC2C(=O)NC(C)CC2C)CC(C2CCC(CN3CCOCC3)CC2)C1. The van der Waals surface area contributed by atoms with Gasteiger partial charge in [0.25, 0.3) is 0 Å². The Bertz CT molecular complexity index is 912. The van der Waals surface area contributed by atoms with E-state index >= 15 is 0 Å². The van der Waals surface area contributed by atoms with Crippen molar-refractivity contribution < 1.29 is 23.9 Å². The van der Waals surface area contributed by atoms with Crippen molar-refractivity contribution in [3.8, 4) is 0 Å². The van der Waals surface area contributed by atoms with E-state index in [1.165, 1.54) is 32.2 Å². The van der Waals surface area contributed by atoms with Crippen molar-refractivity contribution in [2.45, 2.75) is 103 Å². The highest BCUT2D eigenvalue weighted by atomic mass is 16.5. The molecule has 0 aromatic heterocycles. The Morgan fingerprint density at radius 2 is 1.57 bits per heavy atom. The molecule has 0 aromatic carbocycles. The van der Waals surface area contributed by atoms with Crippen LogP contribution in [0.4, 0.5) is 0 Å². The molecule has 6 unspecified atom stereocenters. The van der Waals surface area contributed by atoms with Gasteiger partial charge in [0, 0.05) is 70.4 Å². The van der Waals surface area contributed by atoms with Crippen molar-refractivity contribution in [2.75, 3.05) is 52.6 Å². The third-order valence-corrected chi connectivity index (χ3v) is 11.2. The van der Waals surface area contributed by atoms with Crippen molar-refractivity contribution >= 4 is 17.7 Å². The van der Waals surface area contributed by atoms with E-state index in [-0.39, 0.29) is 53.6 Å². The quantitative estimate of drug-likeness (QED) is 0.452. The number of amides is 3. The number of carbonyl (C=O) groups excluding carboxylic acids is 3. The molecule has 3 aliphatic heterocycles. The van der Waals surface area contributed by atoms with Crippen LogP contribution in [0.15, 0.2) is 0 Å². The monoisotopic (exact) mass is 588 g/mol. The highest BCUT2D eigenvalue weighted by molar-refractivity contribution is 5.83. The molecule has 3 amide bonds. The molecule has 0 bridgehead atoms. The maximum Gasteiger partial charge on any atom is 0.225 e. The zero-order valence-electron chi connectivity index (χ0n) is 26.4. The Morgan fingerprint density at radius 1 is 0.881 bits per heavy atom. The second-order valence-electron chi connectivity index (χ2n) is 14.3. The maximum absolute atomic E-state index is 13.8. The summed E-state index contributed by atoms with van der Waals surface area (Å²) in [6, 6.07) is 0.469. The zero-order chi connectivity index (χ0) is 29.6. The lowest BCUT2D eigenvalue weighted by molar-refractivity contribution is -0.141. The van der Waals surface area contributed by atoms with Gasteiger partial charge >= 0.3 is 0 Å². The topological polar surface area (TPSA) is 100 Å². The number of piperidine rings is 1. The van der Waals surface area contributed by atoms with Gasteiger partial charge in [0.2, 0.25) is 17.7 Å². The lowest BCUT2D eigenvalue weighted by Crippen LogP contribution is -2.54. The predicted octanol–water partition coefficient (Wildman–Crippen LogP) is 3.21. The standard InChI is InChI=1S/C33H56N4O5/c1-22-16-23(2)35-33(40)31(22)20-34-32(39)28-17-27(18-30(19-28)37(24(3)38)29-8-12-41-13-9-29)26-6-4-25(5-7-26)21-36-10-14-42-15-11-36/h22-23,25-31H,4-21H2,1-3H3,(H,34,39)(H,35,40).